The maximum absolute atomic E-state index is 5.98. The number of benzene rings is 1. The van der Waals surface area contributed by atoms with E-state index in [1.54, 1.807) is 0 Å². The molecule has 0 saturated heterocycles. The van der Waals surface area contributed by atoms with Crippen LogP contribution in [0.3, 0.4) is 0 Å². The van der Waals surface area contributed by atoms with Crippen molar-refractivity contribution in [2.24, 2.45) is 0 Å². The first kappa shape index (κ1) is 8.37. The summed E-state index contributed by atoms with van der Waals surface area (Å²) >= 11 is 5.98. The van der Waals surface area contributed by atoms with Gasteiger partial charge in [-0.1, -0.05) is 11.6 Å². The molecule has 14 heavy (non-hydrogen) atoms. The number of hydrogen-bond donors (Lipinski definition) is 0. The van der Waals surface area contributed by atoms with Crippen molar-refractivity contribution in [3.8, 4) is 0 Å². The Balaban J connectivity index is 2.32. The van der Waals surface area contributed by atoms with Gasteiger partial charge in [0.05, 0.1) is 0 Å². The van der Waals surface area contributed by atoms with Crippen LogP contribution in [0.25, 0.3) is 11.0 Å². The van der Waals surface area contributed by atoms with Gasteiger partial charge < -0.3 is 4.42 Å². The van der Waals surface area contributed by atoms with Gasteiger partial charge in [-0.3, -0.25) is 0 Å². The molecule has 0 saturated carbocycles. The highest BCUT2D eigenvalue weighted by Gasteiger charge is 2.17. The number of aryl methyl sites for hydroxylation is 2. The number of rotatable bonds is 0. The van der Waals surface area contributed by atoms with Gasteiger partial charge in [-0.15, -0.1) is 0 Å². The van der Waals surface area contributed by atoms with Crippen molar-refractivity contribution in [1.82, 2.24) is 0 Å². The molecule has 0 unspecified atom stereocenters. The third-order valence-electron chi connectivity index (χ3n) is 2.92. The standard InChI is InChI=1S/C12H11ClO/c13-8-5-6-12-10(7-8)9-3-1-2-4-11(9)14-12/h5-7H,1-4H2. The van der Waals surface area contributed by atoms with Gasteiger partial charge in [-0.05, 0) is 37.5 Å². The molecule has 0 fully saturated rings. The summed E-state index contributed by atoms with van der Waals surface area (Å²) in [6.45, 7) is 0. The van der Waals surface area contributed by atoms with Crippen LogP contribution in [-0.2, 0) is 12.8 Å². The minimum atomic E-state index is 0.798. The lowest BCUT2D eigenvalue weighted by atomic mass is 9.96. The first-order chi connectivity index (χ1) is 6.84. The van der Waals surface area contributed by atoms with Crippen molar-refractivity contribution in [2.75, 3.05) is 0 Å². The summed E-state index contributed by atoms with van der Waals surface area (Å²) in [6, 6.07) is 5.87. The van der Waals surface area contributed by atoms with E-state index >= 15 is 0 Å². The molecule has 0 atom stereocenters. The molecule has 1 aliphatic carbocycles. The molecular formula is C12H11ClO. The Bertz CT molecular complexity index is 484. The zero-order valence-electron chi connectivity index (χ0n) is 7.85. The third-order valence-corrected chi connectivity index (χ3v) is 3.15. The van der Waals surface area contributed by atoms with Gasteiger partial charge in [0.25, 0.3) is 0 Å². The molecule has 1 aromatic heterocycles. The van der Waals surface area contributed by atoms with Gasteiger partial charge in [-0.25, -0.2) is 0 Å². The Morgan fingerprint density at radius 1 is 1.14 bits per heavy atom. The Morgan fingerprint density at radius 2 is 2.00 bits per heavy atom. The highest BCUT2D eigenvalue weighted by molar-refractivity contribution is 6.31. The van der Waals surface area contributed by atoms with Crippen LogP contribution >= 0.6 is 11.6 Å². The van der Waals surface area contributed by atoms with Crippen LogP contribution in [0.5, 0.6) is 0 Å². The second kappa shape index (κ2) is 3.03. The SMILES string of the molecule is Clc1ccc2oc3c(c2c1)CCCC3. The van der Waals surface area contributed by atoms with Crippen LogP contribution in [-0.4, -0.2) is 0 Å². The van der Waals surface area contributed by atoms with Gasteiger partial charge in [0, 0.05) is 22.4 Å². The fraction of sp³-hybridized carbons (Fsp3) is 0.333. The van der Waals surface area contributed by atoms with Crippen LogP contribution in [0.4, 0.5) is 0 Å². The van der Waals surface area contributed by atoms with Gasteiger partial charge in [0.15, 0.2) is 0 Å². The molecule has 0 spiro atoms. The van der Waals surface area contributed by atoms with E-state index in [9.17, 15) is 0 Å². The summed E-state index contributed by atoms with van der Waals surface area (Å²) < 4.78 is 5.79. The fourth-order valence-electron chi connectivity index (χ4n) is 2.23. The van der Waals surface area contributed by atoms with Crippen molar-refractivity contribution in [1.29, 1.82) is 0 Å². The number of furan rings is 1. The average Bonchev–Trinajstić information content (AvgIpc) is 2.56. The minimum absolute atomic E-state index is 0.798. The summed E-state index contributed by atoms with van der Waals surface area (Å²) in [5.41, 5.74) is 2.37. The quantitative estimate of drug-likeness (QED) is 0.636. The molecule has 0 bridgehead atoms. The zero-order valence-corrected chi connectivity index (χ0v) is 8.60. The molecular weight excluding hydrogens is 196 g/mol. The molecule has 0 amide bonds. The monoisotopic (exact) mass is 206 g/mol. The first-order valence-electron chi connectivity index (χ1n) is 5.04. The molecule has 0 aliphatic heterocycles. The van der Waals surface area contributed by atoms with Crippen molar-refractivity contribution < 1.29 is 4.42 Å². The van der Waals surface area contributed by atoms with Crippen LogP contribution in [0.2, 0.25) is 5.02 Å². The summed E-state index contributed by atoms with van der Waals surface area (Å²) in [6.07, 6.45) is 4.75. The molecule has 0 N–H and O–H groups in total. The summed E-state index contributed by atoms with van der Waals surface area (Å²) in [4.78, 5) is 0. The largest absolute Gasteiger partial charge is 0.461 e. The number of fused-ring (bicyclic) bond motifs is 3. The van der Waals surface area contributed by atoms with Gasteiger partial charge in [0.1, 0.15) is 11.3 Å². The lowest BCUT2D eigenvalue weighted by molar-refractivity contribution is 0.506. The Kier molecular flexibility index (Phi) is 1.81. The molecule has 1 aromatic carbocycles. The minimum Gasteiger partial charge on any atom is -0.461 e. The molecule has 1 nitrogen and oxygen atoms in total. The second-order valence-corrected chi connectivity index (χ2v) is 4.29. The van der Waals surface area contributed by atoms with Crippen molar-refractivity contribution in [2.45, 2.75) is 25.7 Å². The molecule has 1 aliphatic rings. The summed E-state index contributed by atoms with van der Waals surface area (Å²) in [7, 11) is 0. The maximum atomic E-state index is 5.98. The van der Waals surface area contributed by atoms with E-state index in [2.05, 4.69) is 0 Å². The van der Waals surface area contributed by atoms with Gasteiger partial charge in [-0.2, -0.15) is 0 Å². The molecule has 2 aromatic rings. The van der Waals surface area contributed by atoms with E-state index in [0.29, 0.717) is 0 Å². The van der Waals surface area contributed by atoms with E-state index in [1.807, 2.05) is 18.2 Å². The highest BCUT2D eigenvalue weighted by atomic mass is 35.5. The zero-order chi connectivity index (χ0) is 9.54. The second-order valence-electron chi connectivity index (χ2n) is 3.85. The van der Waals surface area contributed by atoms with Crippen molar-refractivity contribution in [3.63, 3.8) is 0 Å². The van der Waals surface area contributed by atoms with Crippen LogP contribution in [0.1, 0.15) is 24.2 Å². The van der Waals surface area contributed by atoms with E-state index in [1.165, 1.54) is 29.6 Å². The first-order valence-corrected chi connectivity index (χ1v) is 5.42. The van der Waals surface area contributed by atoms with Crippen LogP contribution < -0.4 is 0 Å². The Morgan fingerprint density at radius 3 is 2.93 bits per heavy atom. The normalized spacial score (nSPS) is 15.8. The molecule has 2 heteroatoms. The van der Waals surface area contributed by atoms with Gasteiger partial charge in [0.2, 0.25) is 0 Å². The van der Waals surface area contributed by atoms with E-state index < -0.39 is 0 Å². The molecule has 3 rings (SSSR count). The Labute approximate surface area is 87.7 Å². The highest BCUT2D eigenvalue weighted by Crippen LogP contribution is 2.33. The van der Waals surface area contributed by atoms with E-state index in [-0.39, 0.29) is 0 Å². The fourth-order valence-corrected chi connectivity index (χ4v) is 2.41. The lowest BCUT2D eigenvalue weighted by Crippen LogP contribution is -1.98. The topological polar surface area (TPSA) is 13.1 Å². The Hall–Kier alpha value is -0.950. The molecule has 1 heterocycles. The van der Waals surface area contributed by atoms with E-state index in [4.69, 9.17) is 16.0 Å². The predicted octanol–water partition coefficient (Wildman–Crippen LogP) is 3.97. The average molecular weight is 207 g/mol. The predicted molar refractivity (Wildman–Crippen MR) is 57.9 cm³/mol. The molecule has 72 valence electrons. The third kappa shape index (κ3) is 1.16. The number of hydrogen-bond acceptors (Lipinski definition) is 1. The van der Waals surface area contributed by atoms with Crippen molar-refractivity contribution in [3.05, 3.63) is 34.5 Å². The smallest absolute Gasteiger partial charge is 0.134 e. The van der Waals surface area contributed by atoms with Crippen LogP contribution in [0.15, 0.2) is 22.6 Å². The van der Waals surface area contributed by atoms with Crippen LogP contribution in [0, 0.1) is 0 Å². The maximum Gasteiger partial charge on any atom is 0.134 e. The van der Waals surface area contributed by atoms with Gasteiger partial charge >= 0.3 is 0 Å². The summed E-state index contributed by atoms with van der Waals surface area (Å²) in [5.74, 6) is 1.17. The van der Waals surface area contributed by atoms with Crippen molar-refractivity contribution >= 4 is 22.6 Å². The summed E-state index contributed by atoms with van der Waals surface area (Å²) in [5, 5.41) is 2.01. The lowest BCUT2D eigenvalue weighted by Gasteiger charge is -2.08. The van der Waals surface area contributed by atoms with E-state index in [0.717, 1.165) is 23.4 Å². The molecule has 0 radical (unpaired) electrons. The number of halogens is 1.